The van der Waals surface area contributed by atoms with E-state index in [-0.39, 0.29) is 0 Å². The van der Waals surface area contributed by atoms with E-state index in [1.165, 1.54) is 5.56 Å². The van der Waals surface area contributed by atoms with Gasteiger partial charge in [-0.1, -0.05) is 12.1 Å². The van der Waals surface area contributed by atoms with Crippen molar-refractivity contribution in [1.82, 2.24) is 0 Å². The standard InChI is InChI=1S/C16H24O4/c1-18-14-6-3-13(4-7-14)5-8-15(17)16(19-2)9-11-20-12-10-16/h3-4,6-7,15,17H,5,8-12H2,1-2H3. The largest absolute Gasteiger partial charge is 0.497 e. The summed E-state index contributed by atoms with van der Waals surface area (Å²) in [5.74, 6) is 0.854. The molecule has 0 saturated carbocycles. The predicted octanol–water partition coefficient (Wildman–Crippen LogP) is 2.18. The van der Waals surface area contributed by atoms with Crippen molar-refractivity contribution in [3.8, 4) is 5.75 Å². The Hall–Kier alpha value is -1.10. The molecule has 1 N–H and O–H groups in total. The van der Waals surface area contributed by atoms with Gasteiger partial charge >= 0.3 is 0 Å². The van der Waals surface area contributed by atoms with Gasteiger partial charge in [0.15, 0.2) is 0 Å². The molecule has 2 rings (SSSR count). The molecule has 1 unspecified atom stereocenters. The number of hydrogen-bond donors (Lipinski definition) is 1. The van der Waals surface area contributed by atoms with Crippen molar-refractivity contribution >= 4 is 0 Å². The monoisotopic (exact) mass is 280 g/mol. The normalized spacial score (nSPS) is 19.6. The van der Waals surface area contributed by atoms with Crippen LogP contribution in [0.5, 0.6) is 5.75 Å². The molecular weight excluding hydrogens is 256 g/mol. The Balaban J connectivity index is 1.91. The first-order valence-corrected chi connectivity index (χ1v) is 7.14. The summed E-state index contributed by atoms with van der Waals surface area (Å²) in [6, 6.07) is 7.97. The average Bonchev–Trinajstić information content (AvgIpc) is 2.53. The van der Waals surface area contributed by atoms with Crippen LogP contribution in [-0.2, 0) is 15.9 Å². The Morgan fingerprint density at radius 1 is 1.20 bits per heavy atom. The molecule has 1 aliphatic rings. The van der Waals surface area contributed by atoms with E-state index in [9.17, 15) is 5.11 Å². The summed E-state index contributed by atoms with van der Waals surface area (Å²) in [5.41, 5.74) is 0.758. The molecule has 4 heteroatoms. The van der Waals surface area contributed by atoms with E-state index in [2.05, 4.69) is 0 Å². The van der Waals surface area contributed by atoms with Crippen LogP contribution in [0.25, 0.3) is 0 Å². The molecule has 1 atom stereocenters. The Bertz CT molecular complexity index is 395. The molecule has 1 aliphatic heterocycles. The number of aliphatic hydroxyl groups excluding tert-OH is 1. The third-order valence-corrected chi connectivity index (χ3v) is 4.22. The van der Waals surface area contributed by atoms with Crippen molar-refractivity contribution in [3.05, 3.63) is 29.8 Å². The number of rotatable bonds is 6. The van der Waals surface area contributed by atoms with Crippen molar-refractivity contribution in [2.75, 3.05) is 27.4 Å². The second-order valence-corrected chi connectivity index (χ2v) is 5.28. The summed E-state index contributed by atoms with van der Waals surface area (Å²) < 4.78 is 16.1. The van der Waals surface area contributed by atoms with Gasteiger partial charge in [0, 0.05) is 33.2 Å². The molecule has 1 heterocycles. The molecule has 0 aromatic heterocycles. The van der Waals surface area contributed by atoms with Gasteiger partial charge in [0.05, 0.1) is 18.8 Å². The fourth-order valence-electron chi connectivity index (χ4n) is 2.75. The second kappa shape index (κ2) is 7.07. The summed E-state index contributed by atoms with van der Waals surface area (Å²) in [7, 11) is 3.34. The van der Waals surface area contributed by atoms with Crippen LogP contribution in [0.2, 0.25) is 0 Å². The molecule has 0 aliphatic carbocycles. The molecule has 112 valence electrons. The van der Waals surface area contributed by atoms with Gasteiger partial charge in [-0.25, -0.2) is 0 Å². The summed E-state index contributed by atoms with van der Waals surface area (Å²) >= 11 is 0. The van der Waals surface area contributed by atoms with E-state index in [0.717, 1.165) is 25.0 Å². The Morgan fingerprint density at radius 2 is 1.85 bits per heavy atom. The van der Waals surface area contributed by atoms with Crippen LogP contribution in [0.3, 0.4) is 0 Å². The van der Waals surface area contributed by atoms with Gasteiger partial charge < -0.3 is 19.3 Å². The van der Waals surface area contributed by atoms with Crippen LogP contribution in [0.1, 0.15) is 24.8 Å². The van der Waals surface area contributed by atoms with E-state index >= 15 is 0 Å². The van der Waals surface area contributed by atoms with Gasteiger partial charge in [-0.05, 0) is 30.5 Å². The zero-order valence-corrected chi connectivity index (χ0v) is 12.3. The molecule has 0 spiro atoms. The van der Waals surface area contributed by atoms with Gasteiger partial charge in [-0.2, -0.15) is 0 Å². The van der Waals surface area contributed by atoms with Crippen LogP contribution in [0.15, 0.2) is 24.3 Å². The first-order valence-electron chi connectivity index (χ1n) is 7.14. The van der Waals surface area contributed by atoms with E-state index in [1.54, 1.807) is 14.2 Å². The Kier molecular flexibility index (Phi) is 5.40. The number of methoxy groups -OCH3 is 2. The van der Waals surface area contributed by atoms with Crippen molar-refractivity contribution < 1.29 is 19.3 Å². The quantitative estimate of drug-likeness (QED) is 0.867. The first-order chi connectivity index (χ1) is 9.70. The predicted molar refractivity (Wildman–Crippen MR) is 77.1 cm³/mol. The maximum Gasteiger partial charge on any atom is 0.118 e. The minimum atomic E-state index is -0.460. The molecule has 20 heavy (non-hydrogen) atoms. The molecule has 1 aromatic rings. The van der Waals surface area contributed by atoms with Gasteiger partial charge in [0.1, 0.15) is 5.75 Å². The van der Waals surface area contributed by atoms with Crippen molar-refractivity contribution in [2.45, 2.75) is 37.4 Å². The van der Waals surface area contributed by atoms with E-state index < -0.39 is 11.7 Å². The smallest absolute Gasteiger partial charge is 0.118 e. The molecule has 4 nitrogen and oxygen atoms in total. The maximum atomic E-state index is 10.5. The topological polar surface area (TPSA) is 47.9 Å². The first kappa shape index (κ1) is 15.3. The zero-order valence-electron chi connectivity index (χ0n) is 12.3. The SMILES string of the molecule is COc1ccc(CCC(O)C2(OC)CCOCC2)cc1. The molecule has 1 saturated heterocycles. The number of aryl methyl sites for hydroxylation is 1. The molecule has 0 amide bonds. The molecular formula is C16H24O4. The molecule has 1 aromatic carbocycles. The van der Waals surface area contributed by atoms with Crippen molar-refractivity contribution in [1.29, 1.82) is 0 Å². The van der Waals surface area contributed by atoms with Crippen molar-refractivity contribution in [2.24, 2.45) is 0 Å². The molecule has 1 fully saturated rings. The fourth-order valence-corrected chi connectivity index (χ4v) is 2.75. The van der Waals surface area contributed by atoms with Crippen molar-refractivity contribution in [3.63, 3.8) is 0 Å². The third kappa shape index (κ3) is 3.51. The summed E-state index contributed by atoms with van der Waals surface area (Å²) in [4.78, 5) is 0. The second-order valence-electron chi connectivity index (χ2n) is 5.28. The van der Waals surface area contributed by atoms with Gasteiger partial charge in [0.25, 0.3) is 0 Å². The van der Waals surface area contributed by atoms with Gasteiger partial charge in [0.2, 0.25) is 0 Å². The number of aliphatic hydroxyl groups is 1. The Morgan fingerprint density at radius 3 is 2.40 bits per heavy atom. The molecule has 0 bridgehead atoms. The zero-order chi connectivity index (χ0) is 14.4. The average molecular weight is 280 g/mol. The summed E-state index contributed by atoms with van der Waals surface area (Å²) in [6.45, 7) is 1.32. The number of ether oxygens (including phenoxy) is 3. The lowest BCUT2D eigenvalue weighted by Crippen LogP contribution is -2.48. The highest BCUT2D eigenvalue weighted by Gasteiger charge is 2.39. The number of hydrogen-bond acceptors (Lipinski definition) is 4. The van der Waals surface area contributed by atoms with Crippen LogP contribution >= 0.6 is 0 Å². The lowest BCUT2D eigenvalue weighted by Gasteiger charge is -2.39. The maximum absolute atomic E-state index is 10.5. The van der Waals surface area contributed by atoms with Crippen LogP contribution in [0, 0.1) is 0 Å². The third-order valence-electron chi connectivity index (χ3n) is 4.22. The summed E-state index contributed by atoms with van der Waals surface area (Å²) in [6.07, 6.45) is 2.58. The van der Waals surface area contributed by atoms with Gasteiger partial charge in [-0.3, -0.25) is 0 Å². The van der Waals surface area contributed by atoms with Crippen LogP contribution in [-0.4, -0.2) is 44.2 Å². The fraction of sp³-hybridized carbons (Fsp3) is 0.625. The highest BCUT2D eigenvalue weighted by molar-refractivity contribution is 5.27. The highest BCUT2D eigenvalue weighted by atomic mass is 16.5. The highest BCUT2D eigenvalue weighted by Crippen LogP contribution is 2.30. The van der Waals surface area contributed by atoms with E-state index in [1.807, 2.05) is 24.3 Å². The molecule has 0 radical (unpaired) electrons. The van der Waals surface area contributed by atoms with E-state index in [0.29, 0.717) is 19.6 Å². The van der Waals surface area contributed by atoms with Gasteiger partial charge in [-0.15, -0.1) is 0 Å². The lowest BCUT2D eigenvalue weighted by molar-refractivity contribution is -0.153. The summed E-state index contributed by atoms with van der Waals surface area (Å²) in [5, 5.41) is 10.5. The van der Waals surface area contributed by atoms with E-state index in [4.69, 9.17) is 14.2 Å². The van der Waals surface area contributed by atoms with Crippen LogP contribution in [0.4, 0.5) is 0 Å². The Labute approximate surface area is 120 Å². The van der Waals surface area contributed by atoms with Crippen LogP contribution < -0.4 is 4.74 Å². The minimum absolute atomic E-state index is 0.440. The minimum Gasteiger partial charge on any atom is -0.497 e. The lowest BCUT2D eigenvalue weighted by atomic mass is 9.85. The number of benzene rings is 1.